The van der Waals surface area contributed by atoms with Gasteiger partial charge in [-0.25, -0.2) is 0 Å². The Kier molecular flexibility index (Phi) is 3.52. The van der Waals surface area contributed by atoms with Gasteiger partial charge in [0.1, 0.15) is 0 Å². The first-order valence-corrected chi connectivity index (χ1v) is 6.29. The summed E-state index contributed by atoms with van der Waals surface area (Å²) in [4.78, 5) is 8.22. The summed E-state index contributed by atoms with van der Waals surface area (Å²) in [5.74, 6) is 0.913. The Labute approximate surface area is 115 Å². The fourth-order valence-corrected chi connectivity index (χ4v) is 1.91. The molecular formula is C15H13N3O2. The minimum absolute atomic E-state index is 0.294. The van der Waals surface area contributed by atoms with Crippen molar-refractivity contribution in [2.24, 2.45) is 0 Å². The number of hydrogen-bond acceptors (Lipinski definition) is 5. The van der Waals surface area contributed by atoms with Crippen molar-refractivity contribution >= 4 is 0 Å². The average Bonchev–Trinajstić information content (AvgIpc) is 2.97. The van der Waals surface area contributed by atoms with Crippen LogP contribution in [0, 0.1) is 0 Å². The van der Waals surface area contributed by atoms with Crippen LogP contribution in [-0.2, 0) is 6.42 Å². The number of rotatable bonds is 4. The maximum absolute atomic E-state index is 10.1. The molecule has 0 saturated carbocycles. The molecule has 0 radical (unpaired) electrons. The fraction of sp³-hybridized carbons (Fsp3) is 0.133. The quantitative estimate of drug-likeness (QED) is 0.785. The smallest absolute Gasteiger partial charge is 0.229 e. The largest absolute Gasteiger partial charge is 0.388 e. The Morgan fingerprint density at radius 2 is 1.80 bits per heavy atom. The van der Waals surface area contributed by atoms with Gasteiger partial charge in [-0.05, 0) is 17.7 Å². The van der Waals surface area contributed by atoms with Gasteiger partial charge in [0.05, 0.1) is 12.5 Å². The zero-order valence-electron chi connectivity index (χ0n) is 10.7. The summed E-state index contributed by atoms with van der Waals surface area (Å²) in [5, 5.41) is 14.0. The molecule has 0 saturated heterocycles. The van der Waals surface area contributed by atoms with Gasteiger partial charge in [0.2, 0.25) is 11.7 Å². The van der Waals surface area contributed by atoms with Gasteiger partial charge in [-0.3, -0.25) is 4.98 Å². The predicted molar refractivity (Wildman–Crippen MR) is 72.6 cm³/mol. The van der Waals surface area contributed by atoms with E-state index in [1.807, 2.05) is 42.5 Å². The molecule has 20 heavy (non-hydrogen) atoms. The lowest BCUT2D eigenvalue weighted by molar-refractivity contribution is 0.165. The minimum atomic E-state index is -0.651. The number of aliphatic hydroxyl groups is 1. The van der Waals surface area contributed by atoms with E-state index in [0.29, 0.717) is 18.1 Å². The normalized spacial score (nSPS) is 12.2. The van der Waals surface area contributed by atoms with Crippen molar-refractivity contribution in [2.45, 2.75) is 12.5 Å². The molecule has 0 spiro atoms. The maximum atomic E-state index is 10.1. The second-order valence-electron chi connectivity index (χ2n) is 4.38. The third kappa shape index (κ3) is 2.73. The van der Waals surface area contributed by atoms with Crippen molar-refractivity contribution in [3.8, 4) is 11.4 Å². The first kappa shape index (κ1) is 12.5. The molecule has 3 rings (SSSR count). The highest BCUT2D eigenvalue weighted by atomic mass is 16.5. The molecule has 0 aliphatic heterocycles. The molecule has 0 aliphatic rings. The first-order valence-electron chi connectivity index (χ1n) is 6.29. The van der Waals surface area contributed by atoms with E-state index >= 15 is 0 Å². The number of pyridine rings is 1. The van der Waals surface area contributed by atoms with Crippen molar-refractivity contribution in [3.05, 3.63) is 66.3 Å². The first-order chi connectivity index (χ1) is 9.83. The van der Waals surface area contributed by atoms with E-state index in [0.717, 1.165) is 11.1 Å². The van der Waals surface area contributed by atoms with Gasteiger partial charge < -0.3 is 9.63 Å². The summed E-state index contributed by atoms with van der Waals surface area (Å²) in [7, 11) is 0. The third-order valence-electron chi connectivity index (χ3n) is 2.96. The lowest BCUT2D eigenvalue weighted by Gasteiger charge is -2.07. The number of nitrogens with zero attached hydrogens (tertiary/aromatic N) is 3. The molecule has 2 heterocycles. The van der Waals surface area contributed by atoms with Crippen molar-refractivity contribution in [3.63, 3.8) is 0 Å². The highest BCUT2D eigenvalue weighted by Gasteiger charge is 2.14. The summed E-state index contributed by atoms with van der Waals surface area (Å²) in [6.07, 6.45) is 2.98. The number of hydrogen-bond donors (Lipinski definition) is 1. The fourth-order valence-electron chi connectivity index (χ4n) is 1.91. The molecular weight excluding hydrogens is 254 g/mol. The van der Waals surface area contributed by atoms with Gasteiger partial charge in [0, 0.05) is 18.0 Å². The van der Waals surface area contributed by atoms with E-state index in [9.17, 15) is 5.11 Å². The second kappa shape index (κ2) is 5.63. The van der Waals surface area contributed by atoms with Crippen LogP contribution in [0.1, 0.15) is 17.6 Å². The SMILES string of the molecule is OC(Cc1nc(-c2ccncc2)no1)c1ccccc1. The molecule has 100 valence electrons. The Hall–Kier alpha value is -2.53. The Morgan fingerprint density at radius 3 is 2.55 bits per heavy atom. The molecule has 5 nitrogen and oxygen atoms in total. The molecule has 0 fully saturated rings. The van der Waals surface area contributed by atoms with Gasteiger partial charge in [0.25, 0.3) is 0 Å². The third-order valence-corrected chi connectivity index (χ3v) is 2.96. The van der Waals surface area contributed by atoms with Gasteiger partial charge in [0.15, 0.2) is 0 Å². The average molecular weight is 267 g/mol. The van der Waals surface area contributed by atoms with Crippen LogP contribution in [0.2, 0.25) is 0 Å². The molecule has 1 unspecified atom stereocenters. The van der Waals surface area contributed by atoms with E-state index in [1.165, 1.54) is 0 Å². The van der Waals surface area contributed by atoms with Crippen LogP contribution in [-0.4, -0.2) is 20.2 Å². The van der Waals surface area contributed by atoms with Crippen LogP contribution in [0.4, 0.5) is 0 Å². The van der Waals surface area contributed by atoms with E-state index in [-0.39, 0.29) is 0 Å². The molecule has 2 aromatic heterocycles. The van der Waals surface area contributed by atoms with Crippen LogP contribution in [0.5, 0.6) is 0 Å². The van der Waals surface area contributed by atoms with Gasteiger partial charge in [-0.15, -0.1) is 0 Å². The maximum Gasteiger partial charge on any atom is 0.229 e. The molecule has 1 atom stereocenters. The molecule has 3 aromatic rings. The van der Waals surface area contributed by atoms with Gasteiger partial charge >= 0.3 is 0 Å². The lowest BCUT2D eigenvalue weighted by atomic mass is 10.1. The van der Waals surface area contributed by atoms with E-state index in [4.69, 9.17) is 4.52 Å². The summed E-state index contributed by atoms with van der Waals surface area (Å²) < 4.78 is 5.17. The van der Waals surface area contributed by atoms with Crippen molar-refractivity contribution in [2.75, 3.05) is 0 Å². The molecule has 0 amide bonds. The van der Waals surface area contributed by atoms with E-state index < -0.39 is 6.10 Å². The number of aliphatic hydroxyl groups excluding tert-OH is 1. The van der Waals surface area contributed by atoms with Gasteiger partial charge in [-0.2, -0.15) is 4.98 Å². The topological polar surface area (TPSA) is 72.0 Å². The van der Waals surface area contributed by atoms with Crippen molar-refractivity contribution in [1.29, 1.82) is 0 Å². The minimum Gasteiger partial charge on any atom is -0.388 e. The standard InChI is InChI=1S/C15H13N3O2/c19-13(11-4-2-1-3-5-11)10-14-17-15(18-20-14)12-6-8-16-9-7-12/h1-9,13,19H,10H2. The Bertz CT molecular complexity index is 668. The summed E-state index contributed by atoms with van der Waals surface area (Å²) >= 11 is 0. The zero-order valence-corrected chi connectivity index (χ0v) is 10.7. The number of aromatic nitrogens is 3. The van der Waals surface area contributed by atoms with Crippen LogP contribution in [0.15, 0.2) is 59.4 Å². The van der Waals surface area contributed by atoms with Crippen LogP contribution < -0.4 is 0 Å². The monoisotopic (exact) mass is 267 g/mol. The number of benzene rings is 1. The van der Waals surface area contributed by atoms with Crippen molar-refractivity contribution < 1.29 is 9.63 Å². The van der Waals surface area contributed by atoms with Crippen LogP contribution in [0.3, 0.4) is 0 Å². The molecule has 1 aromatic carbocycles. The lowest BCUT2D eigenvalue weighted by Crippen LogP contribution is -2.01. The zero-order chi connectivity index (χ0) is 13.8. The van der Waals surface area contributed by atoms with Crippen LogP contribution in [0.25, 0.3) is 11.4 Å². The highest BCUT2D eigenvalue weighted by molar-refractivity contribution is 5.52. The van der Waals surface area contributed by atoms with Gasteiger partial charge in [-0.1, -0.05) is 35.5 Å². The summed E-state index contributed by atoms with van der Waals surface area (Å²) in [6, 6.07) is 13.0. The molecule has 0 aliphatic carbocycles. The Morgan fingerprint density at radius 1 is 1.05 bits per heavy atom. The van der Waals surface area contributed by atoms with Crippen LogP contribution >= 0.6 is 0 Å². The molecule has 5 heteroatoms. The summed E-state index contributed by atoms with van der Waals surface area (Å²) in [5.41, 5.74) is 1.67. The van der Waals surface area contributed by atoms with Crippen molar-refractivity contribution in [1.82, 2.24) is 15.1 Å². The molecule has 1 N–H and O–H groups in total. The predicted octanol–water partition coefficient (Wildman–Crippen LogP) is 2.41. The molecule has 0 bridgehead atoms. The van der Waals surface area contributed by atoms with E-state index in [1.54, 1.807) is 12.4 Å². The summed E-state index contributed by atoms with van der Waals surface area (Å²) in [6.45, 7) is 0. The Balaban J connectivity index is 1.75. The second-order valence-corrected chi connectivity index (χ2v) is 4.38. The highest BCUT2D eigenvalue weighted by Crippen LogP contribution is 2.19. The van der Waals surface area contributed by atoms with E-state index in [2.05, 4.69) is 15.1 Å².